The van der Waals surface area contributed by atoms with E-state index in [2.05, 4.69) is 21.2 Å². The van der Waals surface area contributed by atoms with Crippen LogP contribution in [0.15, 0.2) is 16.6 Å². The van der Waals surface area contributed by atoms with Crippen molar-refractivity contribution >= 4 is 21.8 Å². The molecule has 0 aromatic heterocycles. The van der Waals surface area contributed by atoms with Gasteiger partial charge in [0.05, 0.1) is 0 Å². The van der Waals surface area contributed by atoms with Crippen LogP contribution in [0.25, 0.3) is 0 Å². The summed E-state index contributed by atoms with van der Waals surface area (Å²) in [6.07, 6.45) is 2.49. The maximum absolute atomic E-state index is 11.8. The number of amides is 1. The lowest BCUT2D eigenvalue weighted by Gasteiger charge is -2.17. The minimum Gasteiger partial charge on any atom is -0.481 e. The zero-order valence-electron chi connectivity index (χ0n) is 10.8. The lowest BCUT2D eigenvalue weighted by Crippen LogP contribution is -2.36. The molecule has 1 unspecified atom stereocenters. The number of carbonyl (C=O) groups excluding carboxylic acids is 1. The Morgan fingerprint density at radius 1 is 1.28 bits per heavy atom. The van der Waals surface area contributed by atoms with Crippen molar-refractivity contribution in [2.45, 2.75) is 39.2 Å². The van der Waals surface area contributed by atoms with E-state index < -0.39 is 0 Å². The first-order valence-electron chi connectivity index (χ1n) is 6.29. The standard InChI is InChI=1S/C14H18BrNO2/c1-9-7-11(8-10(2)13(9)15)18-12-5-3-4-6-16-14(12)17/h7-8,12H,3-6H2,1-2H3,(H,16,17). The summed E-state index contributed by atoms with van der Waals surface area (Å²) in [6.45, 7) is 4.81. The van der Waals surface area contributed by atoms with E-state index in [9.17, 15) is 4.79 Å². The van der Waals surface area contributed by atoms with Gasteiger partial charge in [-0.15, -0.1) is 0 Å². The van der Waals surface area contributed by atoms with Gasteiger partial charge in [0.2, 0.25) is 0 Å². The van der Waals surface area contributed by atoms with Crippen LogP contribution in [0.3, 0.4) is 0 Å². The van der Waals surface area contributed by atoms with Crippen LogP contribution in [0.2, 0.25) is 0 Å². The van der Waals surface area contributed by atoms with Crippen LogP contribution < -0.4 is 10.1 Å². The number of nitrogens with one attached hydrogen (secondary N) is 1. The van der Waals surface area contributed by atoms with Gasteiger partial charge in [0.1, 0.15) is 5.75 Å². The average Bonchev–Trinajstić information content (AvgIpc) is 2.52. The molecule has 1 amide bonds. The van der Waals surface area contributed by atoms with Crippen molar-refractivity contribution in [2.24, 2.45) is 0 Å². The van der Waals surface area contributed by atoms with Crippen LogP contribution in [-0.4, -0.2) is 18.6 Å². The van der Waals surface area contributed by atoms with Crippen LogP contribution in [0.4, 0.5) is 0 Å². The Labute approximate surface area is 116 Å². The van der Waals surface area contributed by atoms with E-state index in [-0.39, 0.29) is 12.0 Å². The number of hydrogen-bond donors (Lipinski definition) is 1. The zero-order chi connectivity index (χ0) is 13.1. The Morgan fingerprint density at radius 3 is 2.61 bits per heavy atom. The van der Waals surface area contributed by atoms with E-state index in [0.717, 1.165) is 47.2 Å². The number of carbonyl (C=O) groups is 1. The summed E-state index contributed by atoms with van der Waals surface area (Å²) in [5.41, 5.74) is 2.25. The van der Waals surface area contributed by atoms with Gasteiger partial charge in [-0.1, -0.05) is 15.9 Å². The molecule has 0 radical (unpaired) electrons. The molecular weight excluding hydrogens is 294 g/mol. The summed E-state index contributed by atoms with van der Waals surface area (Å²) in [5.74, 6) is 0.779. The van der Waals surface area contributed by atoms with Gasteiger partial charge in [0.25, 0.3) is 5.91 Å². The third kappa shape index (κ3) is 3.05. The molecule has 0 spiro atoms. The third-order valence-corrected chi connectivity index (χ3v) is 4.42. The van der Waals surface area contributed by atoms with Gasteiger partial charge in [-0.25, -0.2) is 0 Å². The number of aryl methyl sites for hydroxylation is 2. The van der Waals surface area contributed by atoms with Crippen LogP contribution in [0.5, 0.6) is 5.75 Å². The van der Waals surface area contributed by atoms with Crippen LogP contribution in [0.1, 0.15) is 30.4 Å². The predicted molar refractivity (Wildman–Crippen MR) is 74.9 cm³/mol. The zero-order valence-corrected chi connectivity index (χ0v) is 12.3. The molecule has 1 heterocycles. The second-order valence-electron chi connectivity index (χ2n) is 4.76. The Balaban J connectivity index is 2.15. The van der Waals surface area contributed by atoms with Crippen molar-refractivity contribution in [3.05, 3.63) is 27.7 Å². The number of hydrogen-bond acceptors (Lipinski definition) is 2. The van der Waals surface area contributed by atoms with Crippen molar-refractivity contribution in [1.82, 2.24) is 5.32 Å². The molecule has 98 valence electrons. The fourth-order valence-electron chi connectivity index (χ4n) is 2.16. The summed E-state index contributed by atoms with van der Waals surface area (Å²) in [7, 11) is 0. The molecule has 1 saturated heterocycles. The fraction of sp³-hybridized carbons (Fsp3) is 0.500. The molecule has 4 heteroatoms. The Bertz CT molecular complexity index is 436. The van der Waals surface area contributed by atoms with E-state index in [1.807, 2.05) is 26.0 Å². The molecule has 1 atom stereocenters. The largest absolute Gasteiger partial charge is 0.481 e. The van der Waals surface area contributed by atoms with Crippen molar-refractivity contribution in [3.63, 3.8) is 0 Å². The Morgan fingerprint density at radius 2 is 1.94 bits per heavy atom. The quantitative estimate of drug-likeness (QED) is 0.911. The SMILES string of the molecule is Cc1cc(OC2CCCCNC2=O)cc(C)c1Br. The summed E-state index contributed by atoms with van der Waals surface area (Å²) >= 11 is 3.53. The van der Waals surface area contributed by atoms with Gasteiger partial charge in [0.15, 0.2) is 6.10 Å². The Hall–Kier alpha value is -1.03. The molecule has 2 rings (SSSR count). The summed E-state index contributed by atoms with van der Waals surface area (Å²) in [5, 5.41) is 2.88. The maximum atomic E-state index is 11.8. The monoisotopic (exact) mass is 311 g/mol. The first kappa shape index (κ1) is 13.4. The van der Waals surface area contributed by atoms with Crippen LogP contribution in [0, 0.1) is 13.8 Å². The van der Waals surface area contributed by atoms with Gasteiger partial charge in [0, 0.05) is 11.0 Å². The van der Waals surface area contributed by atoms with E-state index in [0.29, 0.717) is 0 Å². The minimum atomic E-state index is -0.354. The van der Waals surface area contributed by atoms with Crippen LogP contribution in [-0.2, 0) is 4.79 Å². The number of ether oxygens (including phenoxy) is 1. The van der Waals surface area contributed by atoms with E-state index >= 15 is 0 Å². The topological polar surface area (TPSA) is 38.3 Å². The fourth-order valence-corrected chi connectivity index (χ4v) is 2.39. The maximum Gasteiger partial charge on any atom is 0.261 e. The van der Waals surface area contributed by atoms with Crippen molar-refractivity contribution in [1.29, 1.82) is 0 Å². The Kier molecular flexibility index (Phi) is 4.27. The van der Waals surface area contributed by atoms with Gasteiger partial charge in [-0.2, -0.15) is 0 Å². The summed E-state index contributed by atoms with van der Waals surface area (Å²) in [6, 6.07) is 3.94. The molecule has 3 nitrogen and oxygen atoms in total. The lowest BCUT2D eigenvalue weighted by atomic mass is 10.1. The second-order valence-corrected chi connectivity index (χ2v) is 5.56. The van der Waals surface area contributed by atoms with Crippen molar-refractivity contribution in [2.75, 3.05) is 6.54 Å². The molecule has 1 fully saturated rings. The molecule has 1 aliphatic heterocycles. The highest BCUT2D eigenvalue weighted by Gasteiger charge is 2.22. The first-order valence-corrected chi connectivity index (χ1v) is 7.08. The lowest BCUT2D eigenvalue weighted by molar-refractivity contribution is -0.127. The second kappa shape index (κ2) is 5.74. The van der Waals surface area contributed by atoms with Crippen LogP contribution >= 0.6 is 15.9 Å². The number of benzene rings is 1. The molecule has 1 aliphatic rings. The van der Waals surface area contributed by atoms with E-state index in [4.69, 9.17) is 4.74 Å². The third-order valence-electron chi connectivity index (χ3n) is 3.17. The smallest absolute Gasteiger partial charge is 0.261 e. The van der Waals surface area contributed by atoms with Crippen molar-refractivity contribution in [3.8, 4) is 5.75 Å². The molecule has 0 saturated carbocycles. The number of halogens is 1. The number of rotatable bonds is 2. The van der Waals surface area contributed by atoms with Gasteiger partial charge in [-0.05, 0) is 56.4 Å². The molecule has 1 N–H and O–H groups in total. The van der Waals surface area contributed by atoms with Gasteiger partial charge in [-0.3, -0.25) is 4.79 Å². The molecule has 1 aromatic rings. The van der Waals surface area contributed by atoms with Gasteiger partial charge >= 0.3 is 0 Å². The summed E-state index contributed by atoms with van der Waals surface area (Å²) in [4.78, 5) is 11.8. The molecular formula is C14H18BrNO2. The predicted octanol–water partition coefficient (Wildman–Crippen LogP) is 3.11. The molecule has 0 aliphatic carbocycles. The van der Waals surface area contributed by atoms with E-state index in [1.54, 1.807) is 0 Å². The van der Waals surface area contributed by atoms with E-state index in [1.165, 1.54) is 0 Å². The van der Waals surface area contributed by atoms with Gasteiger partial charge < -0.3 is 10.1 Å². The molecule has 0 bridgehead atoms. The highest BCUT2D eigenvalue weighted by Crippen LogP contribution is 2.27. The molecule has 1 aromatic carbocycles. The van der Waals surface area contributed by atoms with Crippen molar-refractivity contribution < 1.29 is 9.53 Å². The molecule has 18 heavy (non-hydrogen) atoms. The minimum absolute atomic E-state index is 0.00530. The highest BCUT2D eigenvalue weighted by atomic mass is 79.9. The average molecular weight is 312 g/mol. The highest BCUT2D eigenvalue weighted by molar-refractivity contribution is 9.10. The summed E-state index contributed by atoms with van der Waals surface area (Å²) < 4.78 is 6.93. The normalized spacial score (nSPS) is 20.2. The first-order chi connectivity index (χ1) is 8.58.